The Morgan fingerprint density at radius 2 is 1.86 bits per heavy atom. The second kappa shape index (κ2) is 8.62. The van der Waals surface area contributed by atoms with E-state index in [0.717, 1.165) is 19.4 Å². The number of hydrogen-bond donors (Lipinski definition) is 1. The van der Waals surface area contributed by atoms with Crippen molar-refractivity contribution >= 4 is 23.1 Å². The summed E-state index contributed by atoms with van der Waals surface area (Å²) in [6, 6.07) is 13.8. The summed E-state index contributed by atoms with van der Waals surface area (Å²) >= 11 is 3.80. The number of thioether (sulfide) groups is 1. The van der Waals surface area contributed by atoms with Gasteiger partial charge in [0.25, 0.3) is 0 Å². The Morgan fingerprint density at radius 3 is 2.52 bits per heavy atom. The Balaban J connectivity index is 2.20. The van der Waals surface area contributed by atoms with Gasteiger partial charge in [0.15, 0.2) is 0 Å². The minimum atomic E-state index is 0.414. The van der Waals surface area contributed by atoms with E-state index in [9.17, 15) is 0 Å². The highest BCUT2D eigenvalue weighted by atomic mass is 32.2. The predicted molar refractivity (Wildman–Crippen MR) is 96.7 cm³/mol. The molecule has 3 heteroatoms. The van der Waals surface area contributed by atoms with Crippen LogP contribution in [0.4, 0.5) is 0 Å². The first-order chi connectivity index (χ1) is 10.3. The lowest BCUT2D eigenvalue weighted by Gasteiger charge is -2.21. The second-order valence-electron chi connectivity index (χ2n) is 5.17. The van der Waals surface area contributed by atoms with Gasteiger partial charge < -0.3 is 5.32 Å². The van der Waals surface area contributed by atoms with Crippen molar-refractivity contribution < 1.29 is 0 Å². The molecule has 21 heavy (non-hydrogen) atoms. The van der Waals surface area contributed by atoms with Crippen molar-refractivity contribution in [3.05, 3.63) is 51.7 Å². The molecular formula is C18H25NS2. The first-order valence-electron chi connectivity index (χ1n) is 7.72. The molecule has 1 nitrogen and oxygen atoms in total. The third-order valence-electron chi connectivity index (χ3n) is 3.63. The average Bonchev–Trinajstić information content (AvgIpc) is 2.99. The maximum Gasteiger partial charge on any atom is 0.0379 e. The lowest BCUT2D eigenvalue weighted by Crippen LogP contribution is -2.24. The third-order valence-corrected chi connectivity index (χ3v) is 5.69. The summed E-state index contributed by atoms with van der Waals surface area (Å²) in [6.45, 7) is 5.52. The van der Waals surface area contributed by atoms with Gasteiger partial charge in [-0.2, -0.15) is 0 Å². The highest BCUT2D eigenvalue weighted by Gasteiger charge is 2.15. The normalized spacial score (nSPS) is 12.5. The van der Waals surface area contributed by atoms with E-state index in [1.807, 2.05) is 23.1 Å². The van der Waals surface area contributed by atoms with E-state index in [-0.39, 0.29) is 0 Å². The fraction of sp³-hybridized carbons (Fsp3) is 0.444. The molecule has 0 radical (unpaired) electrons. The maximum atomic E-state index is 3.73. The largest absolute Gasteiger partial charge is 0.310 e. The topological polar surface area (TPSA) is 12.0 Å². The molecule has 2 aromatic rings. The van der Waals surface area contributed by atoms with Gasteiger partial charge >= 0.3 is 0 Å². The molecule has 1 N–H and O–H groups in total. The molecular weight excluding hydrogens is 294 g/mol. The molecule has 1 aromatic heterocycles. The molecule has 0 bridgehead atoms. The maximum absolute atomic E-state index is 3.73. The monoisotopic (exact) mass is 319 g/mol. The second-order valence-corrected chi connectivity index (χ2v) is 7.28. The number of rotatable bonds is 8. The van der Waals surface area contributed by atoms with Crippen LogP contribution in [0.2, 0.25) is 0 Å². The first kappa shape index (κ1) is 16.6. The van der Waals surface area contributed by atoms with E-state index < -0.39 is 0 Å². The Kier molecular flexibility index (Phi) is 6.81. The molecule has 0 saturated heterocycles. The van der Waals surface area contributed by atoms with Crippen molar-refractivity contribution in [3.63, 3.8) is 0 Å². The van der Waals surface area contributed by atoms with Crippen LogP contribution in [0.5, 0.6) is 0 Å². The van der Waals surface area contributed by atoms with Crippen molar-refractivity contribution in [2.45, 2.75) is 44.0 Å². The van der Waals surface area contributed by atoms with E-state index in [0.29, 0.717) is 6.04 Å². The first-order valence-corrected chi connectivity index (χ1v) is 9.76. The van der Waals surface area contributed by atoms with Crippen molar-refractivity contribution in [1.29, 1.82) is 0 Å². The molecule has 0 aliphatic heterocycles. The highest BCUT2D eigenvalue weighted by Crippen LogP contribution is 2.30. The smallest absolute Gasteiger partial charge is 0.0379 e. The summed E-state index contributed by atoms with van der Waals surface area (Å²) in [4.78, 5) is 4.35. The fourth-order valence-electron chi connectivity index (χ4n) is 2.49. The molecule has 114 valence electrons. The third kappa shape index (κ3) is 4.60. The van der Waals surface area contributed by atoms with Gasteiger partial charge in [-0.1, -0.05) is 32.0 Å². The van der Waals surface area contributed by atoms with E-state index >= 15 is 0 Å². The summed E-state index contributed by atoms with van der Waals surface area (Å²) in [6.07, 6.45) is 5.56. The number of nitrogens with one attached hydrogen (secondary N) is 1. The van der Waals surface area contributed by atoms with Gasteiger partial charge in [0.1, 0.15) is 0 Å². The lowest BCUT2D eigenvalue weighted by atomic mass is 10.0. The van der Waals surface area contributed by atoms with Crippen molar-refractivity contribution in [2.75, 3.05) is 12.8 Å². The zero-order valence-corrected chi connectivity index (χ0v) is 14.8. The van der Waals surface area contributed by atoms with Gasteiger partial charge in [-0.15, -0.1) is 23.1 Å². The number of hydrogen-bond acceptors (Lipinski definition) is 3. The Morgan fingerprint density at radius 1 is 1.10 bits per heavy atom. The average molecular weight is 320 g/mol. The zero-order chi connectivity index (χ0) is 15.1. The number of thiophene rings is 1. The van der Waals surface area contributed by atoms with Crippen LogP contribution in [0.15, 0.2) is 41.3 Å². The standard InChI is InChI=1S/C18H25NS2/c1-4-12-19-17(13-15-11-10-14(5-2)21-15)16-8-6-7-9-18(16)20-3/h6-11,17,19H,4-5,12-13H2,1-3H3. The van der Waals surface area contributed by atoms with Crippen LogP contribution in [0.1, 0.15) is 41.6 Å². The highest BCUT2D eigenvalue weighted by molar-refractivity contribution is 7.98. The molecule has 0 saturated carbocycles. The summed E-state index contributed by atoms with van der Waals surface area (Å²) in [5.74, 6) is 0. The fourth-order valence-corrected chi connectivity index (χ4v) is 4.15. The van der Waals surface area contributed by atoms with Gasteiger partial charge in [0.05, 0.1) is 0 Å². The predicted octanol–water partition coefficient (Wildman–Crippen LogP) is 5.32. The van der Waals surface area contributed by atoms with Crippen LogP contribution in [-0.2, 0) is 12.8 Å². The minimum absolute atomic E-state index is 0.414. The summed E-state index contributed by atoms with van der Waals surface area (Å²) in [5, 5.41) is 3.73. The van der Waals surface area contributed by atoms with E-state index in [4.69, 9.17) is 0 Å². The van der Waals surface area contributed by atoms with Crippen LogP contribution in [0.25, 0.3) is 0 Å². The molecule has 2 rings (SSSR count). The van der Waals surface area contributed by atoms with Crippen LogP contribution in [0, 0.1) is 0 Å². The summed E-state index contributed by atoms with van der Waals surface area (Å²) < 4.78 is 0. The van der Waals surface area contributed by atoms with Gasteiger partial charge in [-0.05, 0) is 49.4 Å². The molecule has 1 atom stereocenters. The Hall–Kier alpha value is -0.770. The van der Waals surface area contributed by atoms with Crippen LogP contribution in [0.3, 0.4) is 0 Å². The number of benzene rings is 1. The van der Waals surface area contributed by atoms with Gasteiger partial charge in [0, 0.05) is 27.1 Å². The van der Waals surface area contributed by atoms with Gasteiger partial charge in [-0.3, -0.25) is 0 Å². The molecule has 0 aliphatic carbocycles. The van der Waals surface area contributed by atoms with Crippen LogP contribution < -0.4 is 5.32 Å². The molecule has 0 aliphatic rings. The molecule has 0 spiro atoms. The Bertz CT molecular complexity index is 548. The quantitative estimate of drug-likeness (QED) is 0.661. The molecule has 1 aromatic carbocycles. The van der Waals surface area contributed by atoms with Gasteiger partial charge in [-0.25, -0.2) is 0 Å². The summed E-state index contributed by atoms with van der Waals surface area (Å²) in [7, 11) is 0. The molecule has 0 amide bonds. The zero-order valence-electron chi connectivity index (χ0n) is 13.2. The SMILES string of the molecule is CCCNC(Cc1ccc(CC)s1)c1ccccc1SC. The van der Waals surface area contributed by atoms with E-state index in [1.165, 1.54) is 26.6 Å². The van der Waals surface area contributed by atoms with Crippen LogP contribution in [-0.4, -0.2) is 12.8 Å². The lowest BCUT2D eigenvalue weighted by molar-refractivity contribution is 0.526. The van der Waals surface area contributed by atoms with Crippen molar-refractivity contribution in [1.82, 2.24) is 5.32 Å². The molecule has 1 heterocycles. The van der Waals surface area contributed by atoms with Crippen molar-refractivity contribution in [2.24, 2.45) is 0 Å². The van der Waals surface area contributed by atoms with E-state index in [2.05, 4.69) is 61.8 Å². The molecule has 1 unspecified atom stereocenters. The summed E-state index contributed by atoms with van der Waals surface area (Å²) in [5.41, 5.74) is 1.44. The van der Waals surface area contributed by atoms with Crippen molar-refractivity contribution in [3.8, 4) is 0 Å². The molecule has 0 fully saturated rings. The van der Waals surface area contributed by atoms with Gasteiger partial charge in [0.2, 0.25) is 0 Å². The number of aryl methyl sites for hydroxylation is 1. The minimum Gasteiger partial charge on any atom is -0.310 e. The van der Waals surface area contributed by atoms with E-state index in [1.54, 1.807) is 0 Å². The van der Waals surface area contributed by atoms with Crippen LogP contribution >= 0.6 is 23.1 Å². The Labute approximate surface area is 137 Å².